The molecule has 1 heterocycles. The summed E-state index contributed by atoms with van der Waals surface area (Å²) >= 11 is 4.55. The Kier molecular flexibility index (Phi) is 5.75. The van der Waals surface area contributed by atoms with Gasteiger partial charge in [0.1, 0.15) is 5.82 Å². The highest BCUT2D eigenvalue weighted by atomic mass is 79.9. The lowest BCUT2D eigenvalue weighted by molar-refractivity contribution is -0.124. The van der Waals surface area contributed by atoms with Crippen molar-refractivity contribution in [2.75, 3.05) is 11.9 Å². The Morgan fingerprint density at radius 2 is 2.08 bits per heavy atom. The Balaban J connectivity index is 1.49. The van der Waals surface area contributed by atoms with Gasteiger partial charge in [0, 0.05) is 17.9 Å². The Morgan fingerprint density at radius 3 is 2.88 bits per heavy atom. The Hall–Kier alpha value is -1.86. The van der Waals surface area contributed by atoms with Crippen LogP contribution in [0.4, 0.5) is 10.1 Å². The van der Waals surface area contributed by atoms with Gasteiger partial charge in [0.25, 0.3) is 0 Å². The summed E-state index contributed by atoms with van der Waals surface area (Å²) in [4.78, 5) is 25.2. The third kappa shape index (κ3) is 4.61. The van der Waals surface area contributed by atoms with Crippen molar-refractivity contribution < 1.29 is 14.0 Å². The van der Waals surface area contributed by atoms with Crippen LogP contribution in [0.25, 0.3) is 0 Å². The molecule has 1 aliphatic heterocycles. The summed E-state index contributed by atoms with van der Waals surface area (Å²) in [6.45, 7) is 0.437. The second kappa shape index (κ2) is 8.01. The van der Waals surface area contributed by atoms with E-state index < -0.39 is 5.25 Å². The number of carbonyl (C=O) groups is 2. The second-order valence-electron chi connectivity index (χ2n) is 5.64. The Labute approximate surface area is 157 Å². The van der Waals surface area contributed by atoms with Crippen LogP contribution in [0.1, 0.15) is 12.0 Å². The number of nitrogens with one attached hydrogen (secondary N) is 2. The maximum Gasteiger partial charge on any atom is 0.238 e. The van der Waals surface area contributed by atoms with E-state index in [9.17, 15) is 14.0 Å². The number of hydrogen-bond donors (Lipinski definition) is 2. The number of amides is 2. The molecule has 0 bridgehead atoms. The molecule has 2 amide bonds. The van der Waals surface area contributed by atoms with Crippen LogP contribution in [0.5, 0.6) is 0 Å². The van der Waals surface area contributed by atoms with Crippen LogP contribution in [0.2, 0.25) is 0 Å². The molecular formula is C18H16BrFN2O2S. The van der Waals surface area contributed by atoms with Crippen molar-refractivity contribution >= 4 is 45.2 Å². The van der Waals surface area contributed by atoms with E-state index in [1.807, 2.05) is 24.3 Å². The van der Waals surface area contributed by atoms with Crippen molar-refractivity contribution in [1.82, 2.24) is 5.32 Å². The SMILES string of the molecule is O=C(CC1Sc2ccccc2NC1=O)NCCc1ccc(F)c(Br)c1. The van der Waals surface area contributed by atoms with E-state index in [0.29, 0.717) is 17.4 Å². The Bertz CT molecular complexity index is 815. The number of halogens is 2. The summed E-state index contributed by atoms with van der Waals surface area (Å²) in [6, 6.07) is 12.3. The summed E-state index contributed by atoms with van der Waals surface area (Å²) in [5.41, 5.74) is 1.71. The molecule has 0 radical (unpaired) electrons. The molecule has 2 N–H and O–H groups in total. The fraction of sp³-hybridized carbons (Fsp3) is 0.222. The number of benzene rings is 2. The van der Waals surface area contributed by atoms with Crippen LogP contribution in [0.3, 0.4) is 0 Å². The van der Waals surface area contributed by atoms with Gasteiger partial charge in [-0.1, -0.05) is 18.2 Å². The minimum atomic E-state index is -0.435. The molecule has 130 valence electrons. The predicted octanol–water partition coefficient (Wildman–Crippen LogP) is 3.75. The van der Waals surface area contributed by atoms with Crippen LogP contribution in [-0.2, 0) is 16.0 Å². The molecule has 1 unspecified atom stereocenters. The van der Waals surface area contributed by atoms with E-state index in [0.717, 1.165) is 16.1 Å². The Morgan fingerprint density at radius 1 is 1.28 bits per heavy atom. The lowest BCUT2D eigenvalue weighted by Crippen LogP contribution is -2.35. The van der Waals surface area contributed by atoms with Gasteiger partial charge in [0.2, 0.25) is 11.8 Å². The molecule has 0 saturated carbocycles. The average molecular weight is 423 g/mol. The first kappa shape index (κ1) is 17.9. The molecule has 2 aromatic rings. The molecule has 0 aliphatic carbocycles. The largest absolute Gasteiger partial charge is 0.356 e. The molecule has 0 fully saturated rings. The van der Waals surface area contributed by atoms with Gasteiger partial charge in [-0.25, -0.2) is 4.39 Å². The average Bonchev–Trinajstić information content (AvgIpc) is 2.59. The predicted molar refractivity (Wildman–Crippen MR) is 100 cm³/mol. The van der Waals surface area contributed by atoms with Crippen molar-refractivity contribution in [3.8, 4) is 0 Å². The number of anilines is 1. The van der Waals surface area contributed by atoms with Gasteiger partial charge >= 0.3 is 0 Å². The minimum Gasteiger partial charge on any atom is -0.356 e. The van der Waals surface area contributed by atoms with Crippen molar-refractivity contribution in [3.63, 3.8) is 0 Å². The minimum absolute atomic E-state index is 0.123. The first-order valence-electron chi connectivity index (χ1n) is 7.80. The molecular weight excluding hydrogens is 407 g/mol. The number of para-hydroxylation sites is 1. The zero-order chi connectivity index (χ0) is 17.8. The van der Waals surface area contributed by atoms with E-state index in [4.69, 9.17) is 0 Å². The highest BCUT2D eigenvalue weighted by Crippen LogP contribution is 2.36. The standard InChI is InChI=1S/C18H16BrFN2O2S/c19-12-9-11(5-6-13(12)20)7-8-21-17(23)10-16-18(24)22-14-3-1-2-4-15(14)25-16/h1-6,9,16H,7-8,10H2,(H,21,23)(H,22,24). The van der Waals surface area contributed by atoms with Gasteiger partial charge in [-0.2, -0.15) is 0 Å². The van der Waals surface area contributed by atoms with Crippen LogP contribution in [-0.4, -0.2) is 23.6 Å². The first-order chi connectivity index (χ1) is 12.0. The monoisotopic (exact) mass is 422 g/mol. The smallest absolute Gasteiger partial charge is 0.238 e. The molecule has 0 saturated heterocycles. The molecule has 1 atom stereocenters. The lowest BCUT2D eigenvalue weighted by Gasteiger charge is -2.23. The molecule has 3 rings (SSSR count). The fourth-order valence-electron chi connectivity index (χ4n) is 2.51. The zero-order valence-electron chi connectivity index (χ0n) is 13.2. The van der Waals surface area contributed by atoms with E-state index in [1.54, 1.807) is 12.1 Å². The van der Waals surface area contributed by atoms with Gasteiger partial charge < -0.3 is 10.6 Å². The summed E-state index contributed by atoms with van der Waals surface area (Å²) in [5.74, 6) is -0.636. The van der Waals surface area contributed by atoms with Crippen molar-refractivity contribution in [2.45, 2.75) is 23.0 Å². The molecule has 4 nitrogen and oxygen atoms in total. The highest BCUT2D eigenvalue weighted by molar-refractivity contribution is 9.10. The third-order valence-electron chi connectivity index (χ3n) is 3.80. The lowest BCUT2D eigenvalue weighted by atomic mass is 10.1. The molecule has 25 heavy (non-hydrogen) atoms. The highest BCUT2D eigenvalue weighted by Gasteiger charge is 2.28. The van der Waals surface area contributed by atoms with Crippen molar-refractivity contribution in [3.05, 3.63) is 58.3 Å². The number of rotatable bonds is 5. The zero-order valence-corrected chi connectivity index (χ0v) is 15.6. The molecule has 1 aliphatic rings. The van der Waals surface area contributed by atoms with Crippen molar-refractivity contribution in [2.24, 2.45) is 0 Å². The van der Waals surface area contributed by atoms with Crippen LogP contribution >= 0.6 is 27.7 Å². The summed E-state index contributed by atoms with van der Waals surface area (Å²) in [7, 11) is 0. The number of hydrogen-bond acceptors (Lipinski definition) is 3. The number of carbonyl (C=O) groups excluding carboxylic acids is 2. The summed E-state index contributed by atoms with van der Waals surface area (Å²) < 4.78 is 13.6. The van der Waals surface area contributed by atoms with E-state index in [1.165, 1.54) is 17.8 Å². The van der Waals surface area contributed by atoms with Gasteiger partial charge in [0.05, 0.1) is 15.4 Å². The number of thioether (sulfide) groups is 1. The molecule has 2 aromatic carbocycles. The topological polar surface area (TPSA) is 58.2 Å². The summed E-state index contributed by atoms with van der Waals surface area (Å²) in [5, 5.41) is 5.21. The van der Waals surface area contributed by atoms with Crippen LogP contribution < -0.4 is 10.6 Å². The first-order valence-corrected chi connectivity index (χ1v) is 9.47. The van der Waals surface area contributed by atoms with E-state index >= 15 is 0 Å². The third-order valence-corrected chi connectivity index (χ3v) is 5.68. The van der Waals surface area contributed by atoms with Crippen LogP contribution in [0.15, 0.2) is 51.8 Å². The normalized spacial score (nSPS) is 16.1. The molecule has 0 spiro atoms. The van der Waals surface area contributed by atoms with E-state index in [-0.39, 0.29) is 24.1 Å². The fourth-order valence-corrected chi connectivity index (χ4v) is 4.05. The van der Waals surface area contributed by atoms with E-state index in [2.05, 4.69) is 26.6 Å². The van der Waals surface area contributed by atoms with Gasteiger partial charge in [-0.15, -0.1) is 11.8 Å². The quantitative estimate of drug-likeness (QED) is 0.771. The molecule has 7 heteroatoms. The van der Waals surface area contributed by atoms with Gasteiger partial charge in [-0.3, -0.25) is 9.59 Å². The molecule has 0 aromatic heterocycles. The maximum absolute atomic E-state index is 13.2. The number of fused-ring (bicyclic) bond motifs is 1. The summed E-state index contributed by atoms with van der Waals surface area (Å²) in [6.07, 6.45) is 0.718. The van der Waals surface area contributed by atoms with Crippen LogP contribution in [0, 0.1) is 5.82 Å². The van der Waals surface area contributed by atoms with Gasteiger partial charge in [-0.05, 0) is 52.2 Å². The maximum atomic E-state index is 13.2. The van der Waals surface area contributed by atoms with Crippen molar-refractivity contribution in [1.29, 1.82) is 0 Å². The second-order valence-corrected chi connectivity index (χ2v) is 7.74. The van der Waals surface area contributed by atoms with Gasteiger partial charge in [0.15, 0.2) is 0 Å².